The average molecular weight is 269 g/mol. The summed E-state index contributed by atoms with van der Waals surface area (Å²) in [5.41, 5.74) is 4.31. The van der Waals surface area contributed by atoms with E-state index in [1.54, 1.807) is 0 Å². The van der Waals surface area contributed by atoms with E-state index in [0.29, 0.717) is 0 Å². The third-order valence-electron chi connectivity index (χ3n) is 3.67. The van der Waals surface area contributed by atoms with Crippen LogP contribution in [0.2, 0.25) is 0 Å². The van der Waals surface area contributed by atoms with Gasteiger partial charge in [0.05, 0.1) is 0 Å². The molecular formula is C17H21N2O+. The predicted molar refractivity (Wildman–Crippen MR) is 80.6 cm³/mol. The summed E-state index contributed by atoms with van der Waals surface area (Å²) in [4.78, 5) is 12.3. The molecule has 3 heteroatoms. The third kappa shape index (κ3) is 3.05. The second-order valence-electron chi connectivity index (χ2n) is 5.22. The van der Waals surface area contributed by atoms with Crippen LogP contribution in [0.5, 0.6) is 0 Å². The standard InChI is InChI=1S/C17H20N2O/c1-12-7-9-16(10-8-12)18-17(20)15(4)19-11-5-6-13(2)14(19)3/h5-11,15H,1-4H3/p+1/t15-/m1/s1. The molecule has 3 nitrogen and oxygen atoms in total. The lowest BCUT2D eigenvalue weighted by molar-refractivity contribution is -0.711. The summed E-state index contributed by atoms with van der Waals surface area (Å²) >= 11 is 0. The maximum Gasteiger partial charge on any atom is 0.293 e. The molecule has 104 valence electrons. The predicted octanol–water partition coefficient (Wildman–Crippen LogP) is 3.10. The first-order chi connectivity index (χ1) is 9.49. The number of anilines is 1. The molecule has 0 saturated heterocycles. The summed E-state index contributed by atoms with van der Waals surface area (Å²) in [6, 6.07) is 11.6. The Morgan fingerprint density at radius 3 is 2.40 bits per heavy atom. The van der Waals surface area contributed by atoms with Crippen LogP contribution in [0.4, 0.5) is 5.69 Å². The molecule has 2 rings (SSSR count). The monoisotopic (exact) mass is 269 g/mol. The van der Waals surface area contributed by atoms with Gasteiger partial charge in [0.15, 0.2) is 11.9 Å². The molecule has 0 bridgehead atoms. The van der Waals surface area contributed by atoms with Gasteiger partial charge in [0, 0.05) is 31.2 Å². The minimum absolute atomic E-state index is 0.00690. The minimum Gasteiger partial charge on any atom is -0.320 e. The Bertz CT molecular complexity index is 617. The van der Waals surface area contributed by atoms with Crippen LogP contribution in [0.25, 0.3) is 0 Å². The molecule has 0 fully saturated rings. The molecule has 0 aliphatic rings. The maximum absolute atomic E-state index is 12.3. The number of benzene rings is 1. The van der Waals surface area contributed by atoms with E-state index in [2.05, 4.69) is 18.3 Å². The van der Waals surface area contributed by atoms with E-state index in [1.165, 1.54) is 11.1 Å². The number of aromatic nitrogens is 1. The fourth-order valence-corrected chi connectivity index (χ4v) is 2.15. The first kappa shape index (κ1) is 14.3. The molecule has 0 unspecified atom stereocenters. The smallest absolute Gasteiger partial charge is 0.293 e. The number of carbonyl (C=O) groups excluding carboxylic acids is 1. The zero-order chi connectivity index (χ0) is 14.7. The number of pyridine rings is 1. The van der Waals surface area contributed by atoms with Crippen molar-refractivity contribution in [2.75, 3.05) is 5.32 Å². The van der Waals surface area contributed by atoms with Crippen LogP contribution in [0.3, 0.4) is 0 Å². The fraction of sp³-hybridized carbons (Fsp3) is 0.294. The van der Waals surface area contributed by atoms with Gasteiger partial charge in [0.25, 0.3) is 5.91 Å². The number of hydrogen-bond donors (Lipinski definition) is 1. The van der Waals surface area contributed by atoms with Crippen molar-refractivity contribution in [1.82, 2.24) is 0 Å². The Morgan fingerprint density at radius 2 is 1.75 bits per heavy atom. The van der Waals surface area contributed by atoms with Crippen molar-refractivity contribution in [3.63, 3.8) is 0 Å². The first-order valence-electron chi connectivity index (χ1n) is 6.84. The van der Waals surface area contributed by atoms with Gasteiger partial charge in [-0.3, -0.25) is 4.79 Å². The molecule has 1 aromatic heterocycles. The Balaban J connectivity index is 2.16. The largest absolute Gasteiger partial charge is 0.320 e. The van der Waals surface area contributed by atoms with Crippen molar-refractivity contribution in [1.29, 1.82) is 0 Å². The van der Waals surface area contributed by atoms with Gasteiger partial charge in [-0.05, 0) is 32.0 Å². The van der Waals surface area contributed by atoms with E-state index < -0.39 is 0 Å². The van der Waals surface area contributed by atoms with Crippen LogP contribution in [0.15, 0.2) is 42.6 Å². The van der Waals surface area contributed by atoms with E-state index in [0.717, 1.165) is 11.4 Å². The van der Waals surface area contributed by atoms with Gasteiger partial charge in [0.1, 0.15) is 0 Å². The molecule has 0 radical (unpaired) electrons. The molecule has 0 spiro atoms. The lowest BCUT2D eigenvalue weighted by atomic mass is 10.2. The first-order valence-corrected chi connectivity index (χ1v) is 6.84. The van der Waals surface area contributed by atoms with Crippen LogP contribution in [0, 0.1) is 20.8 Å². The summed E-state index contributed by atoms with van der Waals surface area (Å²) in [7, 11) is 0. The van der Waals surface area contributed by atoms with Gasteiger partial charge >= 0.3 is 0 Å². The van der Waals surface area contributed by atoms with Gasteiger partial charge in [-0.15, -0.1) is 0 Å². The summed E-state index contributed by atoms with van der Waals surface area (Å²) in [5.74, 6) is -0.00690. The second kappa shape index (κ2) is 5.87. The van der Waals surface area contributed by atoms with E-state index in [-0.39, 0.29) is 11.9 Å². The van der Waals surface area contributed by atoms with Crippen molar-refractivity contribution >= 4 is 11.6 Å². The molecule has 2 aromatic rings. The number of carbonyl (C=O) groups is 1. The van der Waals surface area contributed by atoms with Crippen LogP contribution in [0.1, 0.15) is 29.8 Å². The summed E-state index contributed by atoms with van der Waals surface area (Å²) < 4.78 is 2.00. The molecule has 20 heavy (non-hydrogen) atoms. The number of rotatable bonds is 3. The van der Waals surface area contributed by atoms with Gasteiger partial charge in [-0.2, -0.15) is 4.57 Å². The van der Waals surface area contributed by atoms with Crippen molar-refractivity contribution in [3.05, 3.63) is 59.4 Å². The topological polar surface area (TPSA) is 33.0 Å². The lowest BCUT2D eigenvalue weighted by Gasteiger charge is -2.11. The SMILES string of the molecule is Cc1ccc(NC(=O)[C@@H](C)[n+]2cccc(C)c2C)cc1. The molecular weight excluding hydrogens is 248 g/mol. The number of amides is 1. The van der Waals surface area contributed by atoms with Crippen molar-refractivity contribution < 1.29 is 9.36 Å². The Kier molecular flexibility index (Phi) is 4.18. The average Bonchev–Trinajstić information content (AvgIpc) is 2.43. The van der Waals surface area contributed by atoms with Crippen LogP contribution < -0.4 is 9.88 Å². The Hall–Kier alpha value is -2.16. The third-order valence-corrected chi connectivity index (χ3v) is 3.67. The van der Waals surface area contributed by atoms with E-state index in [4.69, 9.17) is 0 Å². The van der Waals surface area contributed by atoms with Crippen LogP contribution in [-0.2, 0) is 4.79 Å². The van der Waals surface area contributed by atoms with Crippen LogP contribution >= 0.6 is 0 Å². The van der Waals surface area contributed by atoms with Crippen LogP contribution in [-0.4, -0.2) is 5.91 Å². The summed E-state index contributed by atoms with van der Waals surface area (Å²) in [6.07, 6.45) is 1.95. The van der Waals surface area contributed by atoms with Gasteiger partial charge in [0.2, 0.25) is 6.04 Å². The Labute approximate surface area is 120 Å². The number of nitrogens with zero attached hydrogens (tertiary/aromatic N) is 1. The molecule has 1 heterocycles. The zero-order valence-electron chi connectivity index (χ0n) is 12.5. The maximum atomic E-state index is 12.3. The van der Waals surface area contributed by atoms with E-state index >= 15 is 0 Å². The van der Waals surface area contributed by atoms with Crippen molar-refractivity contribution in [2.45, 2.75) is 33.7 Å². The molecule has 1 aromatic carbocycles. The number of aryl methyl sites for hydroxylation is 2. The normalized spacial score (nSPS) is 12.0. The highest BCUT2D eigenvalue weighted by molar-refractivity contribution is 5.92. The minimum atomic E-state index is -0.240. The molecule has 1 N–H and O–H groups in total. The van der Waals surface area contributed by atoms with Gasteiger partial charge in [-0.1, -0.05) is 17.7 Å². The fourth-order valence-electron chi connectivity index (χ4n) is 2.15. The summed E-state index contributed by atoms with van der Waals surface area (Å²) in [5, 5.41) is 2.95. The van der Waals surface area contributed by atoms with Crippen molar-refractivity contribution in [2.24, 2.45) is 0 Å². The van der Waals surface area contributed by atoms with Gasteiger partial charge in [-0.25, -0.2) is 0 Å². The van der Waals surface area contributed by atoms with Crippen molar-refractivity contribution in [3.8, 4) is 0 Å². The molecule has 0 aliphatic carbocycles. The second-order valence-corrected chi connectivity index (χ2v) is 5.22. The highest BCUT2D eigenvalue weighted by Crippen LogP contribution is 2.11. The lowest BCUT2D eigenvalue weighted by Crippen LogP contribution is -2.47. The molecule has 1 amide bonds. The zero-order valence-corrected chi connectivity index (χ0v) is 12.5. The number of nitrogens with one attached hydrogen (secondary N) is 1. The molecule has 0 aliphatic heterocycles. The molecule has 1 atom stereocenters. The quantitative estimate of drug-likeness (QED) is 0.853. The Morgan fingerprint density at radius 1 is 1.10 bits per heavy atom. The highest BCUT2D eigenvalue weighted by atomic mass is 16.2. The highest BCUT2D eigenvalue weighted by Gasteiger charge is 2.24. The van der Waals surface area contributed by atoms with E-state index in [9.17, 15) is 4.79 Å². The van der Waals surface area contributed by atoms with E-state index in [1.807, 2.05) is 61.9 Å². The molecule has 0 saturated carbocycles. The van der Waals surface area contributed by atoms with Gasteiger partial charge < -0.3 is 5.32 Å². The summed E-state index contributed by atoms with van der Waals surface area (Å²) in [6.45, 7) is 8.03. The number of hydrogen-bond acceptors (Lipinski definition) is 1.